The molecule has 10 nitrogen and oxygen atoms in total. The molecule has 0 saturated heterocycles. The van der Waals surface area contributed by atoms with Gasteiger partial charge in [0, 0.05) is 20.0 Å². The summed E-state index contributed by atoms with van der Waals surface area (Å²) >= 11 is 0. The minimum Gasteiger partial charge on any atom is -0.480 e. The van der Waals surface area contributed by atoms with Gasteiger partial charge in [0.15, 0.2) is 6.04 Å². The summed E-state index contributed by atoms with van der Waals surface area (Å²) in [4.78, 5) is 50.6. The number of alkyl carbamates (subject to hydrolysis) is 1. The van der Waals surface area contributed by atoms with Gasteiger partial charge in [-0.25, -0.2) is 9.59 Å². The van der Waals surface area contributed by atoms with E-state index in [0.717, 1.165) is 32.1 Å². The molecule has 192 valence electrons. The largest absolute Gasteiger partial charge is 0.480 e. The van der Waals surface area contributed by atoms with Gasteiger partial charge in [-0.05, 0) is 36.1 Å². The van der Waals surface area contributed by atoms with E-state index >= 15 is 0 Å². The van der Waals surface area contributed by atoms with Crippen LogP contribution < -0.4 is 5.32 Å². The first-order chi connectivity index (χ1) is 16.9. The van der Waals surface area contributed by atoms with Gasteiger partial charge in [0.05, 0.1) is 12.1 Å². The molecule has 3 rings (SSSR count). The van der Waals surface area contributed by atoms with E-state index in [4.69, 9.17) is 4.74 Å². The van der Waals surface area contributed by atoms with Crippen LogP contribution in [0.3, 0.4) is 0 Å². The summed E-state index contributed by atoms with van der Waals surface area (Å²) in [5.41, 5.74) is 2.64. The number of amides is 3. The van der Waals surface area contributed by atoms with Gasteiger partial charge in [-0.2, -0.15) is 0 Å². The number of ether oxygens (including phenoxy) is 1. The number of carboxylic acids is 1. The molecule has 36 heavy (non-hydrogen) atoms. The van der Waals surface area contributed by atoms with Gasteiger partial charge in [0.25, 0.3) is 0 Å². The number of aliphatic hydroxyl groups is 1. The first kappa shape index (κ1) is 26.7. The Balaban J connectivity index is 1.51. The Hall–Kier alpha value is -3.92. The lowest BCUT2D eigenvalue weighted by Crippen LogP contribution is -2.56. The number of aliphatic carboxylic acids is 1. The number of carbonyl (C=O) groups is 4. The van der Waals surface area contributed by atoms with Crippen LogP contribution in [-0.2, 0) is 19.1 Å². The third-order valence-corrected chi connectivity index (χ3v) is 6.21. The van der Waals surface area contributed by atoms with Crippen LogP contribution in [0.4, 0.5) is 4.79 Å². The van der Waals surface area contributed by atoms with Crippen molar-refractivity contribution in [2.75, 3.05) is 33.8 Å². The second-order valence-corrected chi connectivity index (χ2v) is 9.33. The molecule has 2 aromatic rings. The minimum atomic E-state index is -1.69. The fourth-order valence-electron chi connectivity index (χ4n) is 4.42. The molecule has 0 aromatic heterocycles. The van der Waals surface area contributed by atoms with Gasteiger partial charge in [-0.3, -0.25) is 9.59 Å². The highest BCUT2D eigenvalue weighted by Crippen LogP contribution is 2.44. The SMILES string of the molecule is CN(CC(=O)N(C)[C@H](C(=O)O)C(C)(C)O)C(=O)CNC(=O)OCC1c2ccccc2-c2ccccc21. The van der Waals surface area contributed by atoms with Crippen molar-refractivity contribution in [2.45, 2.75) is 31.4 Å². The molecule has 0 heterocycles. The maximum absolute atomic E-state index is 12.5. The van der Waals surface area contributed by atoms with E-state index in [2.05, 4.69) is 5.32 Å². The van der Waals surface area contributed by atoms with Crippen LogP contribution in [0.5, 0.6) is 0 Å². The van der Waals surface area contributed by atoms with Gasteiger partial charge >= 0.3 is 12.1 Å². The molecule has 0 bridgehead atoms. The van der Waals surface area contributed by atoms with Crippen molar-refractivity contribution in [1.82, 2.24) is 15.1 Å². The third kappa shape index (κ3) is 5.83. The fraction of sp³-hybridized carbons (Fsp3) is 0.385. The monoisotopic (exact) mass is 497 g/mol. The number of likely N-dealkylation sites (N-methyl/N-ethyl adjacent to an activating group) is 2. The molecule has 2 aromatic carbocycles. The molecule has 3 amide bonds. The summed E-state index contributed by atoms with van der Waals surface area (Å²) in [6.07, 6.45) is -0.768. The normalized spacial score (nSPS) is 13.2. The highest BCUT2D eigenvalue weighted by atomic mass is 16.5. The second kappa shape index (κ2) is 10.8. The van der Waals surface area contributed by atoms with Crippen LogP contribution >= 0.6 is 0 Å². The van der Waals surface area contributed by atoms with Crippen LogP contribution in [0.1, 0.15) is 30.9 Å². The molecule has 0 saturated carbocycles. The average molecular weight is 498 g/mol. The topological polar surface area (TPSA) is 136 Å². The molecule has 0 unspecified atom stereocenters. The molecule has 0 aliphatic heterocycles. The lowest BCUT2D eigenvalue weighted by molar-refractivity contribution is -0.159. The Morgan fingerprint density at radius 2 is 1.50 bits per heavy atom. The van der Waals surface area contributed by atoms with Crippen LogP contribution in [-0.4, -0.2) is 89.3 Å². The lowest BCUT2D eigenvalue weighted by Gasteiger charge is -2.34. The van der Waals surface area contributed by atoms with Crippen molar-refractivity contribution in [3.63, 3.8) is 0 Å². The maximum Gasteiger partial charge on any atom is 0.407 e. The summed E-state index contributed by atoms with van der Waals surface area (Å²) in [6.45, 7) is 1.83. The molecule has 0 spiro atoms. The molecule has 1 atom stereocenters. The highest BCUT2D eigenvalue weighted by molar-refractivity contribution is 5.89. The van der Waals surface area contributed by atoms with Crippen molar-refractivity contribution < 1.29 is 34.1 Å². The number of hydrogen-bond donors (Lipinski definition) is 3. The Morgan fingerprint density at radius 1 is 0.972 bits per heavy atom. The summed E-state index contributed by atoms with van der Waals surface area (Å²) in [6, 6.07) is 14.4. The van der Waals surface area contributed by atoms with E-state index < -0.39 is 48.6 Å². The molecular weight excluding hydrogens is 466 g/mol. The third-order valence-electron chi connectivity index (χ3n) is 6.21. The summed E-state index contributed by atoms with van der Waals surface area (Å²) < 4.78 is 5.40. The Bertz CT molecular complexity index is 1110. The zero-order valence-electron chi connectivity index (χ0n) is 20.7. The predicted octanol–water partition coefficient (Wildman–Crippen LogP) is 1.67. The second-order valence-electron chi connectivity index (χ2n) is 9.33. The van der Waals surface area contributed by atoms with E-state index in [-0.39, 0.29) is 12.5 Å². The van der Waals surface area contributed by atoms with Crippen molar-refractivity contribution in [1.29, 1.82) is 0 Å². The number of carbonyl (C=O) groups excluding carboxylic acids is 3. The zero-order valence-corrected chi connectivity index (χ0v) is 20.7. The number of carboxylic acid groups (broad SMARTS) is 1. The van der Waals surface area contributed by atoms with E-state index in [1.807, 2.05) is 48.5 Å². The van der Waals surface area contributed by atoms with Gasteiger partial charge < -0.3 is 30.1 Å². The quantitative estimate of drug-likeness (QED) is 0.479. The predicted molar refractivity (Wildman–Crippen MR) is 131 cm³/mol. The molecule has 10 heteroatoms. The summed E-state index contributed by atoms with van der Waals surface area (Å²) in [5, 5.41) is 21.8. The lowest BCUT2D eigenvalue weighted by atomic mass is 9.97. The van der Waals surface area contributed by atoms with Crippen molar-refractivity contribution in [2.24, 2.45) is 0 Å². The first-order valence-corrected chi connectivity index (χ1v) is 11.5. The van der Waals surface area contributed by atoms with Gasteiger partial charge in [0.2, 0.25) is 11.8 Å². The molecule has 1 aliphatic rings. The smallest absolute Gasteiger partial charge is 0.407 e. The average Bonchev–Trinajstić information content (AvgIpc) is 3.13. The summed E-state index contributed by atoms with van der Waals surface area (Å²) in [7, 11) is 2.60. The highest BCUT2D eigenvalue weighted by Gasteiger charge is 2.39. The van der Waals surface area contributed by atoms with Crippen LogP contribution in [0.25, 0.3) is 11.1 Å². The number of nitrogens with zero attached hydrogens (tertiary/aromatic N) is 2. The zero-order chi connectivity index (χ0) is 26.6. The van der Waals surface area contributed by atoms with E-state index in [0.29, 0.717) is 0 Å². The van der Waals surface area contributed by atoms with Crippen LogP contribution in [0.15, 0.2) is 48.5 Å². The number of nitrogens with one attached hydrogen (secondary N) is 1. The number of fused-ring (bicyclic) bond motifs is 3. The Morgan fingerprint density at radius 3 is 2.00 bits per heavy atom. The Kier molecular flexibility index (Phi) is 7.99. The van der Waals surface area contributed by atoms with E-state index in [1.165, 1.54) is 27.9 Å². The standard InChI is InChI=1S/C26H31N3O7/c1-26(2,35)23(24(32)33)29(4)22(31)14-28(3)21(30)13-27-25(34)36-15-20-18-11-7-5-9-16(18)17-10-6-8-12-19(17)20/h5-12,20,23,35H,13-15H2,1-4H3,(H,27,34)(H,32,33)/t23-/m1/s1. The van der Waals surface area contributed by atoms with Crippen LogP contribution in [0.2, 0.25) is 0 Å². The van der Waals surface area contributed by atoms with Crippen LogP contribution in [0, 0.1) is 0 Å². The molecule has 3 N–H and O–H groups in total. The molecule has 0 fully saturated rings. The maximum atomic E-state index is 12.5. The molecule has 1 aliphatic carbocycles. The number of hydrogen-bond acceptors (Lipinski definition) is 6. The van der Waals surface area contributed by atoms with E-state index in [9.17, 15) is 29.4 Å². The van der Waals surface area contributed by atoms with Crippen molar-refractivity contribution in [3.8, 4) is 11.1 Å². The van der Waals surface area contributed by atoms with Crippen molar-refractivity contribution in [3.05, 3.63) is 59.7 Å². The minimum absolute atomic E-state index is 0.0979. The molecule has 0 radical (unpaired) electrons. The fourth-order valence-corrected chi connectivity index (χ4v) is 4.42. The Labute approximate surface area is 209 Å². The summed E-state index contributed by atoms with van der Waals surface area (Å²) in [5.74, 6) is -2.74. The van der Waals surface area contributed by atoms with Gasteiger partial charge in [0.1, 0.15) is 13.2 Å². The molecular formula is C26H31N3O7. The number of benzene rings is 2. The van der Waals surface area contributed by atoms with E-state index in [1.54, 1.807) is 0 Å². The number of rotatable bonds is 9. The first-order valence-electron chi connectivity index (χ1n) is 11.5. The van der Waals surface area contributed by atoms with Gasteiger partial charge in [-0.15, -0.1) is 0 Å². The van der Waals surface area contributed by atoms with Gasteiger partial charge in [-0.1, -0.05) is 48.5 Å². The van der Waals surface area contributed by atoms with Crippen molar-refractivity contribution >= 4 is 23.9 Å².